The zero-order valence-corrected chi connectivity index (χ0v) is 14.8. The van der Waals surface area contributed by atoms with Crippen molar-refractivity contribution in [2.75, 3.05) is 26.7 Å². The average Bonchev–Trinajstić information content (AvgIpc) is 2.59. The highest BCUT2D eigenvalue weighted by Gasteiger charge is 2.34. The van der Waals surface area contributed by atoms with Crippen LogP contribution in [0.15, 0.2) is 41.3 Å². The Kier molecular flexibility index (Phi) is 5.57. The van der Waals surface area contributed by atoms with Gasteiger partial charge in [0.15, 0.2) is 0 Å². The molecule has 1 aromatic carbocycles. The van der Waals surface area contributed by atoms with Crippen LogP contribution in [0.4, 0.5) is 13.2 Å². The molecule has 142 valence electrons. The van der Waals surface area contributed by atoms with Gasteiger partial charge in [-0.15, -0.1) is 0 Å². The normalized spacial score (nSPS) is 14.2. The Morgan fingerprint density at radius 2 is 1.89 bits per heavy atom. The van der Waals surface area contributed by atoms with Crippen molar-refractivity contribution < 1.29 is 17.9 Å². The predicted molar refractivity (Wildman–Crippen MR) is 95.7 cm³/mol. The lowest BCUT2D eigenvalue weighted by molar-refractivity contribution is -0.137. The molecule has 0 unspecified atom stereocenters. The van der Waals surface area contributed by atoms with E-state index in [2.05, 4.69) is 11.8 Å². The maximum Gasteiger partial charge on any atom is 0.417 e. The number of ether oxygens (including phenoxy) is 1. The molecule has 4 nitrogen and oxygen atoms in total. The maximum absolute atomic E-state index is 13.3. The van der Waals surface area contributed by atoms with Crippen LogP contribution in [-0.2, 0) is 12.7 Å². The van der Waals surface area contributed by atoms with Gasteiger partial charge in [-0.3, -0.25) is 9.69 Å². The summed E-state index contributed by atoms with van der Waals surface area (Å²) in [4.78, 5) is 14.2. The van der Waals surface area contributed by atoms with Crippen LogP contribution < -0.4 is 10.3 Å². The van der Waals surface area contributed by atoms with Crippen LogP contribution in [0.2, 0.25) is 0 Å². The minimum absolute atomic E-state index is 0.155. The minimum Gasteiger partial charge on any atom is -0.497 e. The monoisotopic (exact) mass is 376 g/mol. The van der Waals surface area contributed by atoms with Crippen molar-refractivity contribution in [3.05, 3.63) is 63.6 Å². The Morgan fingerprint density at radius 1 is 1.19 bits per heavy atom. The maximum atomic E-state index is 13.3. The minimum atomic E-state index is -4.63. The highest BCUT2D eigenvalue weighted by atomic mass is 19.4. The highest BCUT2D eigenvalue weighted by molar-refractivity contribution is 5.41. The quantitative estimate of drug-likeness (QED) is 0.770. The van der Waals surface area contributed by atoms with E-state index >= 15 is 0 Å². The first-order valence-corrected chi connectivity index (χ1v) is 8.52. The van der Waals surface area contributed by atoms with Crippen molar-refractivity contribution in [2.24, 2.45) is 0 Å². The van der Waals surface area contributed by atoms with E-state index in [4.69, 9.17) is 4.74 Å². The third-order valence-electron chi connectivity index (χ3n) is 4.42. The number of hydrogen-bond donors (Lipinski definition) is 0. The van der Waals surface area contributed by atoms with E-state index in [0.717, 1.165) is 25.1 Å². The summed E-state index contributed by atoms with van der Waals surface area (Å²) >= 11 is 0. The number of rotatable bonds is 4. The Bertz CT molecular complexity index is 917. The summed E-state index contributed by atoms with van der Waals surface area (Å²) in [6, 6.07) is 7.62. The molecule has 0 spiro atoms. The predicted octanol–water partition coefficient (Wildman–Crippen LogP) is 2.98. The Labute approximate surface area is 155 Å². The lowest BCUT2D eigenvalue weighted by atomic mass is 10.1. The number of alkyl halides is 3. The van der Waals surface area contributed by atoms with Crippen molar-refractivity contribution in [1.82, 2.24) is 9.47 Å². The summed E-state index contributed by atoms with van der Waals surface area (Å²) in [6.45, 7) is 2.41. The smallest absolute Gasteiger partial charge is 0.417 e. The first kappa shape index (κ1) is 19.1. The van der Waals surface area contributed by atoms with Gasteiger partial charge in [-0.2, -0.15) is 13.2 Å². The molecule has 0 bridgehead atoms. The molecule has 0 saturated carbocycles. The summed E-state index contributed by atoms with van der Waals surface area (Å²) < 4.78 is 46.2. The summed E-state index contributed by atoms with van der Waals surface area (Å²) in [5.41, 5.74) is -1.12. The third kappa shape index (κ3) is 4.72. The molecule has 1 aromatic heterocycles. The zero-order valence-electron chi connectivity index (χ0n) is 14.8. The fourth-order valence-electron chi connectivity index (χ4n) is 2.74. The summed E-state index contributed by atoms with van der Waals surface area (Å²) in [5, 5.41) is 0. The second-order valence-electron chi connectivity index (χ2n) is 6.34. The number of likely N-dealkylation sites (tertiary alicyclic amines) is 1. The molecule has 7 heteroatoms. The van der Waals surface area contributed by atoms with Crippen LogP contribution in [0.5, 0.6) is 5.75 Å². The third-order valence-corrected chi connectivity index (χ3v) is 4.42. The number of nitrogens with zero attached hydrogens (tertiary/aromatic N) is 2. The van der Waals surface area contributed by atoms with E-state index in [0.29, 0.717) is 18.4 Å². The van der Waals surface area contributed by atoms with E-state index in [-0.39, 0.29) is 12.1 Å². The van der Waals surface area contributed by atoms with E-state index in [9.17, 15) is 18.0 Å². The second kappa shape index (κ2) is 7.89. The Balaban J connectivity index is 1.91. The largest absolute Gasteiger partial charge is 0.497 e. The van der Waals surface area contributed by atoms with E-state index in [1.807, 2.05) is 4.90 Å². The van der Waals surface area contributed by atoms with E-state index < -0.39 is 17.3 Å². The highest BCUT2D eigenvalue weighted by Crippen LogP contribution is 2.30. The van der Waals surface area contributed by atoms with Gasteiger partial charge < -0.3 is 9.30 Å². The Morgan fingerprint density at radius 3 is 2.44 bits per heavy atom. The molecule has 2 heterocycles. The lowest BCUT2D eigenvalue weighted by Gasteiger charge is -2.28. The number of benzene rings is 1. The fourth-order valence-corrected chi connectivity index (χ4v) is 2.74. The van der Waals surface area contributed by atoms with Crippen LogP contribution >= 0.6 is 0 Å². The standard InChI is InChI=1S/C20H19F3N2O2/c1-27-17-7-5-15(6-8-17)13-25-14-16(4-2-9-24-10-3-11-24)18(12-19(25)26)20(21,22)23/h5-8,12,14H,3,9-11,13H2,1H3. The van der Waals surface area contributed by atoms with Crippen LogP contribution in [0.3, 0.4) is 0 Å². The number of hydrogen-bond acceptors (Lipinski definition) is 3. The van der Waals surface area contributed by atoms with Crippen LogP contribution in [0.25, 0.3) is 0 Å². The van der Waals surface area contributed by atoms with Gasteiger partial charge in [-0.05, 0) is 24.1 Å². The van der Waals surface area contributed by atoms with Crippen molar-refractivity contribution in [2.45, 2.75) is 19.1 Å². The van der Waals surface area contributed by atoms with Crippen molar-refractivity contribution >= 4 is 0 Å². The lowest BCUT2D eigenvalue weighted by Crippen LogP contribution is -2.37. The van der Waals surface area contributed by atoms with E-state index in [1.54, 1.807) is 31.4 Å². The average molecular weight is 376 g/mol. The molecular formula is C20H19F3N2O2. The molecule has 0 atom stereocenters. The molecule has 0 amide bonds. The van der Waals surface area contributed by atoms with Gasteiger partial charge in [0, 0.05) is 25.4 Å². The van der Waals surface area contributed by atoms with Crippen molar-refractivity contribution in [1.29, 1.82) is 0 Å². The van der Waals surface area contributed by atoms with Gasteiger partial charge in [0.25, 0.3) is 5.56 Å². The molecular weight excluding hydrogens is 357 g/mol. The fraction of sp³-hybridized carbons (Fsp3) is 0.350. The summed E-state index contributed by atoms with van der Waals surface area (Å²) in [6.07, 6.45) is -2.35. The summed E-state index contributed by atoms with van der Waals surface area (Å²) in [5.74, 6) is 6.05. The van der Waals surface area contributed by atoms with E-state index in [1.165, 1.54) is 10.8 Å². The van der Waals surface area contributed by atoms with Crippen LogP contribution in [0.1, 0.15) is 23.1 Å². The van der Waals surface area contributed by atoms with Crippen molar-refractivity contribution in [3.8, 4) is 17.6 Å². The SMILES string of the molecule is COc1ccc(Cn2cc(C#CCN3CCC3)c(C(F)(F)F)cc2=O)cc1. The molecule has 27 heavy (non-hydrogen) atoms. The molecule has 1 aliphatic heterocycles. The first-order chi connectivity index (χ1) is 12.9. The molecule has 0 N–H and O–H groups in total. The molecule has 1 aliphatic rings. The van der Waals surface area contributed by atoms with Gasteiger partial charge in [0.05, 0.1) is 31.3 Å². The topological polar surface area (TPSA) is 34.5 Å². The number of pyridine rings is 1. The van der Waals surface area contributed by atoms with Crippen LogP contribution in [0, 0.1) is 11.8 Å². The zero-order chi connectivity index (χ0) is 19.4. The number of halogens is 3. The molecule has 2 aromatic rings. The molecule has 1 saturated heterocycles. The first-order valence-electron chi connectivity index (χ1n) is 8.52. The van der Waals surface area contributed by atoms with Gasteiger partial charge in [0.2, 0.25) is 0 Å². The number of methoxy groups -OCH3 is 1. The van der Waals surface area contributed by atoms with Gasteiger partial charge in [-0.25, -0.2) is 0 Å². The summed E-state index contributed by atoms with van der Waals surface area (Å²) in [7, 11) is 1.54. The molecule has 3 rings (SSSR count). The van der Waals surface area contributed by atoms with Crippen molar-refractivity contribution in [3.63, 3.8) is 0 Å². The molecule has 0 radical (unpaired) electrons. The van der Waals surface area contributed by atoms with Crippen LogP contribution in [-0.4, -0.2) is 36.2 Å². The molecule has 1 fully saturated rings. The number of aromatic nitrogens is 1. The van der Waals surface area contributed by atoms with Gasteiger partial charge in [0.1, 0.15) is 5.75 Å². The molecule has 0 aliphatic carbocycles. The van der Waals surface area contributed by atoms with Gasteiger partial charge >= 0.3 is 6.18 Å². The Hall–Kier alpha value is -2.72. The second-order valence-corrected chi connectivity index (χ2v) is 6.34. The van der Waals surface area contributed by atoms with Gasteiger partial charge in [-0.1, -0.05) is 24.0 Å².